The van der Waals surface area contributed by atoms with Crippen molar-refractivity contribution in [2.24, 2.45) is 0 Å². The third-order valence-electron chi connectivity index (χ3n) is 3.57. The van der Waals surface area contributed by atoms with E-state index in [1.807, 2.05) is 44.2 Å². The molecule has 122 valence electrons. The molecule has 0 atom stereocenters. The summed E-state index contributed by atoms with van der Waals surface area (Å²) in [6.45, 7) is 3.84. The Morgan fingerprint density at radius 1 is 1.17 bits per heavy atom. The number of allylic oxidation sites excluding steroid dienone is 1. The summed E-state index contributed by atoms with van der Waals surface area (Å²) in [6.07, 6.45) is 3.28. The zero-order chi connectivity index (χ0) is 17.5. The third-order valence-corrected chi connectivity index (χ3v) is 3.57. The number of rotatable bonds is 6. The van der Waals surface area contributed by atoms with Gasteiger partial charge in [-0.25, -0.2) is 0 Å². The summed E-state index contributed by atoms with van der Waals surface area (Å²) in [4.78, 5) is 12.4. The molecule has 4 nitrogen and oxygen atoms in total. The van der Waals surface area contributed by atoms with Crippen LogP contribution in [0.1, 0.15) is 27.0 Å². The van der Waals surface area contributed by atoms with Crippen LogP contribution in [0.4, 0.5) is 0 Å². The molecule has 0 aliphatic rings. The van der Waals surface area contributed by atoms with Gasteiger partial charge in [0.25, 0.3) is 0 Å². The molecule has 0 saturated carbocycles. The molecule has 0 heterocycles. The second-order valence-corrected chi connectivity index (χ2v) is 5.37. The smallest absolute Gasteiger partial charge is 0.186 e. The average Bonchev–Trinajstić information content (AvgIpc) is 2.60. The van der Waals surface area contributed by atoms with Crippen molar-refractivity contribution in [3.05, 3.63) is 64.7 Å². The fourth-order valence-corrected chi connectivity index (χ4v) is 2.28. The maximum atomic E-state index is 12.4. The number of nitriles is 1. The van der Waals surface area contributed by atoms with E-state index in [2.05, 4.69) is 0 Å². The van der Waals surface area contributed by atoms with Crippen molar-refractivity contribution in [1.82, 2.24) is 0 Å². The Kier molecular flexibility index (Phi) is 5.75. The lowest BCUT2D eigenvalue weighted by atomic mass is 10.0. The molecule has 0 saturated heterocycles. The number of hydrogen-bond donors (Lipinski definition) is 0. The number of ketones is 1. The topological polar surface area (TPSA) is 59.3 Å². The van der Waals surface area contributed by atoms with Crippen molar-refractivity contribution in [3.63, 3.8) is 0 Å². The summed E-state index contributed by atoms with van der Waals surface area (Å²) in [5.74, 6) is 0.976. The van der Waals surface area contributed by atoms with E-state index in [4.69, 9.17) is 14.7 Å². The van der Waals surface area contributed by atoms with Crippen molar-refractivity contribution in [3.8, 4) is 17.6 Å². The zero-order valence-corrected chi connectivity index (χ0v) is 14.0. The predicted molar refractivity (Wildman–Crippen MR) is 93.4 cm³/mol. The van der Waals surface area contributed by atoms with Crippen molar-refractivity contribution < 1.29 is 14.3 Å². The van der Waals surface area contributed by atoms with Gasteiger partial charge in [-0.1, -0.05) is 29.8 Å². The predicted octanol–water partition coefficient (Wildman–Crippen LogP) is 4.11. The summed E-state index contributed by atoms with van der Waals surface area (Å²) in [5, 5.41) is 8.58. The SMILES string of the molecule is COc1cc(/C=C/C(=O)c2cc(C)ccc2C)ccc1OCC#N. The molecule has 0 radical (unpaired) electrons. The van der Waals surface area contributed by atoms with Crippen LogP contribution in [0.2, 0.25) is 0 Å². The number of methoxy groups -OCH3 is 1. The van der Waals surface area contributed by atoms with Gasteiger partial charge in [0, 0.05) is 5.56 Å². The third kappa shape index (κ3) is 4.23. The van der Waals surface area contributed by atoms with Crippen LogP contribution >= 0.6 is 0 Å². The number of nitrogens with zero attached hydrogens (tertiary/aromatic N) is 1. The van der Waals surface area contributed by atoms with E-state index >= 15 is 0 Å². The Balaban J connectivity index is 2.21. The van der Waals surface area contributed by atoms with Gasteiger partial charge < -0.3 is 9.47 Å². The van der Waals surface area contributed by atoms with Gasteiger partial charge in [0.15, 0.2) is 23.9 Å². The zero-order valence-electron chi connectivity index (χ0n) is 14.0. The quantitative estimate of drug-likeness (QED) is 0.593. The first-order valence-electron chi connectivity index (χ1n) is 7.52. The first-order valence-corrected chi connectivity index (χ1v) is 7.52. The number of ether oxygens (including phenoxy) is 2. The van der Waals surface area contributed by atoms with Gasteiger partial charge in [0.05, 0.1) is 7.11 Å². The van der Waals surface area contributed by atoms with Crippen LogP contribution in [-0.4, -0.2) is 19.5 Å². The maximum Gasteiger partial charge on any atom is 0.186 e. The molecular weight excluding hydrogens is 302 g/mol. The first kappa shape index (κ1) is 17.3. The summed E-state index contributed by atoms with van der Waals surface area (Å²) in [6, 6.07) is 13.0. The highest BCUT2D eigenvalue weighted by Gasteiger charge is 2.07. The van der Waals surface area contributed by atoms with Gasteiger partial charge in [-0.3, -0.25) is 4.79 Å². The van der Waals surface area contributed by atoms with E-state index in [1.54, 1.807) is 24.3 Å². The highest BCUT2D eigenvalue weighted by Crippen LogP contribution is 2.28. The maximum absolute atomic E-state index is 12.4. The van der Waals surface area contributed by atoms with Crippen LogP contribution in [0.3, 0.4) is 0 Å². The van der Waals surface area contributed by atoms with Crippen LogP contribution in [0.15, 0.2) is 42.5 Å². The molecule has 0 unspecified atom stereocenters. The number of benzene rings is 2. The molecule has 0 spiro atoms. The summed E-state index contributed by atoms with van der Waals surface area (Å²) >= 11 is 0. The van der Waals surface area contributed by atoms with Gasteiger partial charge in [-0.15, -0.1) is 0 Å². The standard InChI is InChI=1S/C20H19NO3/c1-14-4-5-15(2)17(12-14)18(22)8-6-16-7-9-19(24-11-10-21)20(13-16)23-3/h4-9,12-13H,11H2,1-3H3/b8-6+. The Morgan fingerprint density at radius 3 is 2.67 bits per heavy atom. The molecule has 2 aromatic carbocycles. The summed E-state index contributed by atoms with van der Waals surface area (Å²) in [7, 11) is 1.53. The fourth-order valence-electron chi connectivity index (χ4n) is 2.28. The fraction of sp³-hybridized carbons (Fsp3) is 0.200. The Bertz CT molecular complexity index is 816. The second-order valence-electron chi connectivity index (χ2n) is 5.37. The van der Waals surface area contributed by atoms with Gasteiger partial charge >= 0.3 is 0 Å². The van der Waals surface area contributed by atoms with Gasteiger partial charge in [0.1, 0.15) is 6.07 Å². The van der Waals surface area contributed by atoms with Gasteiger partial charge in [-0.2, -0.15) is 5.26 Å². The molecule has 2 rings (SSSR count). The second kappa shape index (κ2) is 7.98. The average molecular weight is 321 g/mol. The van der Waals surface area contributed by atoms with E-state index in [9.17, 15) is 4.79 Å². The molecule has 0 aromatic heterocycles. The number of carbonyl (C=O) groups is 1. The minimum absolute atomic E-state index is 0.0417. The van der Waals surface area contributed by atoms with Crippen LogP contribution in [0.5, 0.6) is 11.5 Å². The van der Waals surface area contributed by atoms with Crippen molar-refractivity contribution in [1.29, 1.82) is 5.26 Å². The lowest BCUT2D eigenvalue weighted by Crippen LogP contribution is -1.99. The van der Waals surface area contributed by atoms with E-state index in [0.717, 1.165) is 16.7 Å². The largest absolute Gasteiger partial charge is 0.493 e. The van der Waals surface area contributed by atoms with E-state index in [1.165, 1.54) is 7.11 Å². The van der Waals surface area contributed by atoms with Crippen LogP contribution < -0.4 is 9.47 Å². The highest BCUT2D eigenvalue weighted by molar-refractivity contribution is 6.07. The van der Waals surface area contributed by atoms with Crippen LogP contribution in [-0.2, 0) is 0 Å². The van der Waals surface area contributed by atoms with Gasteiger partial charge in [-0.05, 0) is 49.2 Å². The number of carbonyl (C=O) groups excluding carboxylic acids is 1. The van der Waals surface area contributed by atoms with Crippen molar-refractivity contribution >= 4 is 11.9 Å². The highest BCUT2D eigenvalue weighted by atomic mass is 16.5. The first-order chi connectivity index (χ1) is 11.5. The lowest BCUT2D eigenvalue weighted by Gasteiger charge is -2.08. The Morgan fingerprint density at radius 2 is 1.96 bits per heavy atom. The molecule has 0 amide bonds. The van der Waals surface area contributed by atoms with Crippen molar-refractivity contribution in [2.75, 3.05) is 13.7 Å². The van der Waals surface area contributed by atoms with E-state index in [0.29, 0.717) is 17.1 Å². The van der Waals surface area contributed by atoms with Crippen molar-refractivity contribution in [2.45, 2.75) is 13.8 Å². The normalized spacial score (nSPS) is 10.4. The van der Waals surface area contributed by atoms with Gasteiger partial charge in [0.2, 0.25) is 0 Å². The summed E-state index contributed by atoms with van der Waals surface area (Å²) in [5.41, 5.74) is 3.52. The molecular formula is C20H19NO3. The molecule has 0 bridgehead atoms. The minimum atomic E-state index is -0.0450. The molecule has 0 aliphatic carbocycles. The number of hydrogen-bond acceptors (Lipinski definition) is 4. The minimum Gasteiger partial charge on any atom is -0.493 e. The lowest BCUT2D eigenvalue weighted by molar-refractivity contribution is 0.104. The monoisotopic (exact) mass is 321 g/mol. The molecule has 0 fully saturated rings. The summed E-state index contributed by atoms with van der Waals surface area (Å²) < 4.78 is 10.5. The number of aryl methyl sites for hydroxylation is 2. The molecule has 24 heavy (non-hydrogen) atoms. The van der Waals surface area contributed by atoms with E-state index < -0.39 is 0 Å². The molecule has 2 aromatic rings. The Labute approximate surface area is 141 Å². The Hall–Kier alpha value is -3.06. The molecule has 0 aliphatic heterocycles. The van der Waals surface area contributed by atoms with E-state index in [-0.39, 0.29) is 12.4 Å². The van der Waals surface area contributed by atoms with Crippen LogP contribution in [0, 0.1) is 25.2 Å². The van der Waals surface area contributed by atoms with Crippen LogP contribution in [0.25, 0.3) is 6.08 Å². The molecule has 4 heteroatoms. The molecule has 0 N–H and O–H groups in total.